The quantitative estimate of drug-likeness (QED) is 0.507. The Kier molecular flexibility index (Phi) is 8.21. The summed E-state index contributed by atoms with van der Waals surface area (Å²) in [7, 11) is 1.78. The molecule has 0 saturated carbocycles. The highest BCUT2D eigenvalue weighted by Crippen LogP contribution is 2.24. The molecule has 0 amide bonds. The zero-order valence-corrected chi connectivity index (χ0v) is 18.5. The van der Waals surface area contributed by atoms with E-state index in [9.17, 15) is 0 Å². The van der Waals surface area contributed by atoms with Crippen LogP contribution in [-0.4, -0.2) is 53.8 Å². The lowest BCUT2D eigenvalue weighted by Crippen LogP contribution is -2.48. The molecule has 3 rings (SSSR count). The van der Waals surface area contributed by atoms with Crippen molar-refractivity contribution in [1.82, 2.24) is 25.7 Å². The van der Waals surface area contributed by atoms with Crippen LogP contribution in [0.15, 0.2) is 39.8 Å². The van der Waals surface area contributed by atoms with Crippen LogP contribution in [-0.2, 0) is 11.3 Å². The lowest BCUT2D eigenvalue weighted by Gasteiger charge is -2.36. The Morgan fingerprint density at radius 3 is 2.67 bits per heavy atom. The van der Waals surface area contributed by atoms with Crippen molar-refractivity contribution in [2.24, 2.45) is 4.99 Å². The first kappa shape index (κ1) is 22.2. The van der Waals surface area contributed by atoms with Gasteiger partial charge in [-0.25, -0.2) is 0 Å². The number of aliphatic imine (C=N–C) groups is 1. The van der Waals surface area contributed by atoms with Crippen molar-refractivity contribution in [1.29, 1.82) is 0 Å². The number of hydrogen-bond acceptors (Lipinski definition) is 6. The van der Waals surface area contributed by atoms with Crippen LogP contribution >= 0.6 is 0 Å². The number of rotatable bonds is 8. The fraction of sp³-hybridized carbons (Fsp3) is 0.591. The van der Waals surface area contributed by atoms with E-state index in [-0.39, 0.29) is 6.10 Å². The standard InChI is InChI=1S/C22H34N6O2/c1-5-29-17(3)21-26-20(30-27-21)15-24-22(23-4)25-19-11-13-28(14-12-19)16(2)18-9-7-6-8-10-18/h6-10,16-17,19H,5,11-15H2,1-4H3,(H2,23,24,25). The largest absolute Gasteiger partial charge is 0.371 e. The maximum Gasteiger partial charge on any atom is 0.246 e. The van der Waals surface area contributed by atoms with Crippen LogP contribution in [0.3, 0.4) is 0 Å². The van der Waals surface area contributed by atoms with Crippen molar-refractivity contribution >= 4 is 5.96 Å². The maximum atomic E-state index is 5.50. The number of hydrogen-bond donors (Lipinski definition) is 2. The van der Waals surface area contributed by atoms with E-state index in [2.05, 4.69) is 67.9 Å². The highest BCUT2D eigenvalue weighted by Gasteiger charge is 2.24. The molecule has 2 atom stereocenters. The van der Waals surface area contributed by atoms with E-state index in [1.165, 1.54) is 5.56 Å². The first-order chi connectivity index (χ1) is 14.6. The zero-order valence-electron chi connectivity index (χ0n) is 18.5. The number of piperidine rings is 1. The van der Waals surface area contributed by atoms with Gasteiger partial charge in [0.1, 0.15) is 6.10 Å². The molecule has 1 aromatic heterocycles. The molecule has 1 aliphatic rings. The first-order valence-corrected chi connectivity index (χ1v) is 10.8. The fourth-order valence-corrected chi connectivity index (χ4v) is 3.75. The Labute approximate surface area is 179 Å². The lowest BCUT2D eigenvalue weighted by atomic mass is 10.0. The van der Waals surface area contributed by atoms with Gasteiger partial charge in [0.15, 0.2) is 11.8 Å². The molecule has 1 saturated heterocycles. The third kappa shape index (κ3) is 6.03. The molecular formula is C22H34N6O2. The Morgan fingerprint density at radius 1 is 1.27 bits per heavy atom. The average molecular weight is 415 g/mol. The van der Waals surface area contributed by atoms with Gasteiger partial charge < -0.3 is 19.9 Å². The van der Waals surface area contributed by atoms with Gasteiger partial charge in [-0.2, -0.15) is 4.98 Å². The molecule has 0 bridgehead atoms. The molecule has 1 aromatic carbocycles. The minimum Gasteiger partial charge on any atom is -0.371 e. The molecule has 2 heterocycles. The Balaban J connectivity index is 1.43. The van der Waals surface area contributed by atoms with E-state index in [1.807, 2.05) is 13.8 Å². The third-order valence-corrected chi connectivity index (χ3v) is 5.59. The van der Waals surface area contributed by atoms with Crippen molar-refractivity contribution < 1.29 is 9.26 Å². The van der Waals surface area contributed by atoms with E-state index in [0.717, 1.165) is 31.9 Å². The Hall–Kier alpha value is -2.45. The van der Waals surface area contributed by atoms with E-state index in [4.69, 9.17) is 9.26 Å². The number of likely N-dealkylation sites (tertiary alicyclic amines) is 1. The first-order valence-electron chi connectivity index (χ1n) is 10.8. The maximum absolute atomic E-state index is 5.50. The summed E-state index contributed by atoms with van der Waals surface area (Å²) in [6.45, 7) is 9.31. The topological polar surface area (TPSA) is 87.8 Å². The normalized spacial score (nSPS) is 18.2. The minimum absolute atomic E-state index is 0.173. The van der Waals surface area contributed by atoms with Gasteiger partial charge in [0.25, 0.3) is 0 Å². The highest BCUT2D eigenvalue weighted by atomic mass is 16.5. The number of nitrogens with one attached hydrogen (secondary N) is 2. The zero-order chi connectivity index (χ0) is 21.3. The number of aromatic nitrogens is 2. The molecule has 0 spiro atoms. The predicted molar refractivity (Wildman–Crippen MR) is 117 cm³/mol. The summed E-state index contributed by atoms with van der Waals surface area (Å²) in [6.07, 6.45) is 1.98. The van der Waals surface area contributed by atoms with Crippen molar-refractivity contribution in [2.75, 3.05) is 26.7 Å². The van der Waals surface area contributed by atoms with E-state index in [0.29, 0.717) is 37.0 Å². The molecular weight excluding hydrogens is 380 g/mol. The summed E-state index contributed by atoms with van der Waals surface area (Å²) in [4.78, 5) is 11.3. The van der Waals surface area contributed by atoms with Crippen molar-refractivity contribution in [2.45, 2.75) is 58.3 Å². The molecule has 0 aliphatic carbocycles. The van der Waals surface area contributed by atoms with Gasteiger partial charge in [-0.3, -0.25) is 9.89 Å². The van der Waals surface area contributed by atoms with Gasteiger partial charge in [-0.15, -0.1) is 0 Å². The molecule has 30 heavy (non-hydrogen) atoms. The van der Waals surface area contributed by atoms with Crippen molar-refractivity contribution in [3.63, 3.8) is 0 Å². The monoisotopic (exact) mass is 414 g/mol. The Morgan fingerprint density at radius 2 is 2.00 bits per heavy atom. The predicted octanol–water partition coefficient (Wildman–Crippen LogP) is 3.06. The average Bonchev–Trinajstić information content (AvgIpc) is 3.26. The van der Waals surface area contributed by atoms with E-state index >= 15 is 0 Å². The van der Waals surface area contributed by atoms with Crippen LogP contribution in [0.4, 0.5) is 0 Å². The molecule has 0 radical (unpaired) electrons. The molecule has 2 unspecified atom stereocenters. The molecule has 2 N–H and O–H groups in total. The highest BCUT2D eigenvalue weighted by molar-refractivity contribution is 5.79. The second-order valence-corrected chi connectivity index (χ2v) is 7.61. The van der Waals surface area contributed by atoms with Crippen LogP contribution in [0.1, 0.15) is 63.0 Å². The summed E-state index contributed by atoms with van der Waals surface area (Å²) in [5.74, 6) is 1.84. The summed E-state index contributed by atoms with van der Waals surface area (Å²) in [6, 6.07) is 11.5. The number of nitrogens with zero attached hydrogens (tertiary/aromatic N) is 4. The van der Waals surface area contributed by atoms with Crippen molar-refractivity contribution in [3.05, 3.63) is 47.6 Å². The Bertz CT molecular complexity index is 786. The van der Waals surface area contributed by atoms with Crippen LogP contribution < -0.4 is 10.6 Å². The summed E-state index contributed by atoms with van der Waals surface area (Å²) in [5.41, 5.74) is 1.37. The lowest BCUT2D eigenvalue weighted by molar-refractivity contribution is 0.0683. The van der Waals surface area contributed by atoms with E-state index in [1.54, 1.807) is 7.05 Å². The number of benzene rings is 1. The van der Waals surface area contributed by atoms with Gasteiger partial charge in [0, 0.05) is 38.8 Å². The van der Waals surface area contributed by atoms with Crippen molar-refractivity contribution in [3.8, 4) is 0 Å². The van der Waals surface area contributed by atoms with Crippen LogP contribution in [0, 0.1) is 0 Å². The SMILES string of the molecule is CCOC(C)c1noc(CNC(=NC)NC2CCN(C(C)c3ccccc3)CC2)n1. The fourth-order valence-electron chi connectivity index (χ4n) is 3.75. The number of ether oxygens (including phenoxy) is 1. The van der Waals surface area contributed by atoms with E-state index < -0.39 is 0 Å². The summed E-state index contributed by atoms with van der Waals surface area (Å²) in [5, 5.41) is 10.8. The molecule has 164 valence electrons. The third-order valence-electron chi connectivity index (χ3n) is 5.59. The summed E-state index contributed by atoms with van der Waals surface area (Å²) >= 11 is 0. The summed E-state index contributed by atoms with van der Waals surface area (Å²) < 4.78 is 10.8. The smallest absolute Gasteiger partial charge is 0.246 e. The van der Waals surface area contributed by atoms with Gasteiger partial charge >= 0.3 is 0 Å². The van der Waals surface area contributed by atoms with Crippen LogP contribution in [0.2, 0.25) is 0 Å². The molecule has 1 fully saturated rings. The minimum atomic E-state index is -0.173. The molecule has 2 aromatic rings. The van der Waals surface area contributed by atoms with Gasteiger partial charge in [-0.1, -0.05) is 35.5 Å². The van der Waals surface area contributed by atoms with Gasteiger partial charge in [-0.05, 0) is 39.2 Å². The van der Waals surface area contributed by atoms with Crippen LogP contribution in [0.25, 0.3) is 0 Å². The van der Waals surface area contributed by atoms with Gasteiger partial charge in [0.2, 0.25) is 5.89 Å². The number of guanidine groups is 1. The molecule has 8 heteroatoms. The second-order valence-electron chi connectivity index (χ2n) is 7.61. The van der Waals surface area contributed by atoms with Crippen LogP contribution in [0.5, 0.6) is 0 Å². The second kappa shape index (κ2) is 11.1. The molecule has 1 aliphatic heterocycles. The van der Waals surface area contributed by atoms with Gasteiger partial charge in [0.05, 0.1) is 6.54 Å². The molecule has 8 nitrogen and oxygen atoms in total.